The second kappa shape index (κ2) is 6.08. The standard InChI is InChI=1S/C16H19ClN2O2/c17-11-5-6-12-10(9-18-14(12)8-11)7-16(21)19-13-3-1-2-4-15(13)20/h5-6,8-9,13,15,18,20H,1-4,7H2,(H,19,21). The molecule has 3 rings (SSSR count). The molecule has 1 amide bonds. The van der Waals surface area contributed by atoms with Crippen LogP contribution >= 0.6 is 11.6 Å². The first-order chi connectivity index (χ1) is 10.1. The van der Waals surface area contributed by atoms with Gasteiger partial charge < -0.3 is 15.4 Å². The van der Waals surface area contributed by atoms with E-state index >= 15 is 0 Å². The maximum Gasteiger partial charge on any atom is 0.224 e. The highest BCUT2D eigenvalue weighted by molar-refractivity contribution is 6.31. The first-order valence-corrected chi connectivity index (χ1v) is 7.74. The fraction of sp³-hybridized carbons (Fsp3) is 0.438. The number of hydrogen-bond acceptors (Lipinski definition) is 2. The van der Waals surface area contributed by atoms with E-state index in [-0.39, 0.29) is 11.9 Å². The van der Waals surface area contributed by atoms with Crippen molar-refractivity contribution < 1.29 is 9.90 Å². The molecule has 2 atom stereocenters. The molecule has 0 bridgehead atoms. The van der Waals surface area contributed by atoms with Crippen molar-refractivity contribution in [2.75, 3.05) is 0 Å². The third kappa shape index (κ3) is 3.22. The minimum Gasteiger partial charge on any atom is -0.391 e. The zero-order valence-corrected chi connectivity index (χ0v) is 12.5. The zero-order valence-electron chi connectivity index (χ0n) is 11.7. The number of aliphatic hydroxyl groups is 1. The summed E-state index contributed by atoms with van der Waals surface area (Å²) in [6, 6.07) is 5.49. The number of carbonyl (C=O) groups is 1. The molecule has 1 aromatic heterocycles. The summed E-state index contributed by atoms with van der Waals surface area (Å²) in [6.45, 7) is 0. The minimum absolute atomic E-state index is 0.0446. The number of rotatable bonds is 3. The predicted octanol–water partition coefficient (Wildman–Crippen LogP) is 2.78. The lowest BCUT2D eigenvalue weighted by molar-refractivity contribution is -0.122. The number of H-pyrrole nitrogens is 1. The summed E-state index contributed by atoms with van der Waals surface area (Å²) >= 11 is 5.95. The Labute approximate surface area is 128 Å². The fourth-order valence-corrected chi connectivity index (χ4v) is 3.19. The second-order valence-corrected chi connectivity index (χ2v) is 6.14. The van der Waals surface area contributed by atoms with Crippen LogP contribution in [0.5, 0.6) is 0 Å². The molecule has 1 aliphatic rings. The predicted molar refractivity (Wildman–Crippen MR) is 83.4 cm³/mol. The van der Waals surface area contributed by atoms with Crippen molar-refractivity contribution in [1.29, 1.82) is 0 Å². The molecule has 1 aliphatic carbocycles. The number of hydrogen-bond donors (Lipinski definition) is 3. The molecule has 0 spiro atoms. The van der Waals surface area contributed by atoms with Gasteiger partial charge in [-0.05, 0) is 30.5 Å². The van der Waals surface area contributed by atoms with Crippen LogP contribution in [0.25, 0.3) is 10.9 Å². The van der Waals surface area contributed by atoms with Crippen LogP contribution in [-0.4, -0.2) is 28.1 Å². The normalized spacial score (nSPS) is 22.4. The highest BCUT2D eigenvalue weighted by Crippen LogP contribution is 2.23. The Balaban J connectivity index is 1.68. The third-order valence-electron chi connectivity index (χ3n) is 4.16. The van der Waals surface area contributed by atoms with E-state index < -0.39 is 6.10 Å². The number of benzene rings is 1. The summed E-state index contributed by atoms with van der Waals surface area (Å²) in [6.07, 6.45) is 5.48. The molecule has 5 heteroatoms. The van der Waals surface area contributed by atoms with Gasteiger partial charge in [-0.1, -0.05) is 30.5 Å². The average molecular weight is 307 g/mol. The molecule has 2 aromatic rings. The summed E-state index contributed by atoms with van der Waals surface area (Å²) in [5, 5.41) is 14.5. The lowest BCUT2D eigenvalue weighted by atomic mass is 9.92. The van der Waals surface area contributed by atoms with E-state index in [1.54, 1.807) is 0 Å². The molecular weight excluding hydrogens is 288 g/mol. The van der Waals surface area contributed by atoms with E-state index in [0.717, 1.165) is 42.1 Å². The van der Waals surface area contributed by atoms with Crippen molar-refractivity contribution in [2.45, 2.75) is 44.2 Å². The summed E-state index contributed by atoms with van der Waals surface area (Å²) in [5.74, 6) is -0.0446. The first-order valence-electron chi connectivity index (χ1n) is 7.36. The van der Waals surface area contributed by atoms with Crippen molar-refractivity contribution in [3.05, 3.63) is 35.0 Å². The molecular formula is C16H19ClN2O2. The van der Waals surface area contributed by atoms with E-state index in [9.17, 15) is 9.90 Å². The molecule has 1 fully saturated rings. The lowest BCUT2D eigenvalue weighted by Gasteiger charge is -2.28. The zero-order chi connectivity index (χ0) is 14.8. The van der Waals surface area contributed by atoms with Crippen molar-refractivity contribution >= 4 is 28.4 Å². The Morgan fingerprint density at radius 1 is 1.38 bits per heavy atom. The average Bonchev–Trinajstić information content (AvgIpc) is 2.83. The van der Waals surface area contributed by atoms with Crippen molar-refractivity contribution in [2.24, 2.45) is 0 Å². The number of halogens is 1. The van der Waals surface area contributed by atoms with Crippen LogP contribution in [0.4, 0.5) is 0 Å². The van der Waals surface area contributed by atoms with Crippen LogP contribution in [-0.2, 0) is 11.2 Å². The molecule has 0 aliphatic heterocycles. The highest BCUT2D eigenvalue weighted by atomic mass is 35.5. The van der Waals surface area contributed by atoms with Gasteiger partial charge >= 0.3 is 0 Å². The summed E-state index contributed by atoms with van der Waals surface area (Å²) < 4.78 is 0. The lowest BCUT2D eigenvalue weighted by Crippen LogP contribution is -2.45. The van der Waals surface area contributed by atoms with Crippen LogP contribution in [0.3, 0.4) is 0 Å². The smallest absolute Gasteiger partial charge is 0.224 e. The van der Waals surface area contributed by atoms with E-state index in [4.69, 9.17) is 11.6 Å². The summed E-state index contributed by atoms with van der Waals surface area (Å²) in [5.41, 5.74) is 1.88. The van der Waals surface area contributed by atoms with Crippen molar-refractivity contribution in [3.8, 4) is 0 Å². The fourth-order valence-electron chi connectivity index (χ4n) is 3.02. The van der Waals surface area contributed by atoms with Gasteiger partial charge in [-0.3, -0.25) is 4.79 Å². The van der Waals surface area contributed by atoms with E-state index in [1.807, 2.05) is 24.4 Å². The Hall–Kier alpha value is -1.52. The van der Waals surface area contributed by atoms with Gasteiger partial charge in [0.15, 0.2) is 0 Å². The number of aromatic nitrogens is 1. The number of amides is 1. The summed E-state index contributed by atoms with van der Waals surface area (Å²) in [4.78, 5) is 15.3. The van der Waals surface area contributed by atoms with E-state index in [2.05, 4.69) is 10.3 Å². The molecule has 4 nitrogen and oxygen atoms in total. The molecule has 0 saturated heterocycles. The Morgan fingerprint density at radius 2 is 2.19 bits per heavy atom. The van der Waals surface area contributed by atoms with Gasteiger partial charge in [0.25, 0.3) is 0 Å². The van der Waals surface area contributed by atoms with Gasteiger partial charge in [0.2, 0.25) is 5.91 Å². The van der Waals surface area contributed by atoms with Gasteiger partial charge in [-0.15, -0.1) is 0 Å². The third-order valence-corrected chi connectivity index (χ3v) is 4.39. The quantitative estimate of drug-likeness (QED) is 0.816. The second-order valence-electron chi connectivity index (χ2n) is 5.71. The Kier molecular flexibility index (Phi) is 4.17. The van der Waals surface area contributed by atoms with E-state index in [1.165, 1.54) is 0 Å². The first kappa shape index (κ1) is 14.4. The molecule has 21 heavy (non-hydrogen) atoms. The van der Waals surface area contributed by atoms with Crippen LogP contribution in [0, 0.1) is 0 Å². The van der Waals surface area contributed by atoms with Crippen molar-refractivity contribution in [3.63, 3.8) is 0 Å². The molecule has 0 radical (unpaired) electrons. The molecule has 1 aromatic carbocycles. The number of carbonyl (C=O) groups excluding carboxylic acids is 1. The largest absolute Gasteiger partial charge is 0.391 e. The summed E-state index contributed by atoms with van der Waals surface area (Å²) in [7, 11) is 0. The maximum absolute atomic E-state index is 12.2. The number of nitrogens with one attached hydrogen (secondary N) is 2. The topological polar surface area (TPSA) is 65.1 Å². The molecule has 3 N–H and O–H groups in total. The number of aromatic amines is 1. The van der Waals surface area contributed by atoms with Gasteiger partial charge in [-0.2, -0.15) is 0 Å². The van der Waals surface area contributed by atoms with Crippen LogP contribution in [0.1, 0.15) is 31.2 Å². The van der Waals surface area contributed by atoms with Crippen LogP contribution in [0.15, 0.2) is 24.4 Å². The van der Waals surface area contributed by atoms with Crippen molar-refractivity contribution in [1.82, 2.24) is 10.3 Å². The number of aliphatic hydroxyl groups excluding tert-OH is 1. The number of fused-ring (bicyclic) bond motifs is 1. The van der Waals surface area contributed by atoms with Crippen LogP contribution < -0.4 is 5.32 Å². The molecule has 1 saturated carbocycles. The Morgan fingerprint density at radius 3 is 3.00 bits per heavy atom. The monoisotopic (exact) mass is 306 g/mol. The highest BCUT2D eigenvalue weighted by Gasteiger charge is 2.24. The Bertz CT molecular complexity index is 653. The molecule has 112 valence electrons. The van der Waals surface area contributed by atoms with Crippen LogP contribution in [0.2, 0.25) is 5.02 Å². The van der Waals surface area contributed by atoms with Gasteiger partial charge in [-0.25, -0.2) is 0 Å². The molecule has 1 heterocycles. The SMILES string of the molecule is O=C(Cc1c[nH]c2cc(Cl)ccc12)NC1CCCCC1O. The maximum atomic E-state index is 12.2. The van der Waals surface area contributed by atoms with Gasteiger partial charge in [0.1, 0.15) is 0 Å². The van der Waals surface area contributed by atoms with Gasteiger partial charge in [0.05, 0.1) is 18.6 Å². The van der Waals surface area contributed by atoms with E-state index in [0.29, 0.717) is 11.4 Å². The van der Waals surface area contributed by atoms with Gasteiger partial charge in [0, 0.05) is 22.1 Å². The molecule has 2 unspecified atom stereocenters. The minimum atomic E-state index is -0.413.